The first-order valence-corrected chi connectivity index (χ1v) is 25.1. The maximum Gasteiger partial charge on any atom is 1.00 e. The van der Waals surface area contributed by atoms with Gasteiger partial charge in [0, 0.05) is 45.7 Å². The van der Waals surface area contributed by atoms with Crippen molar-refractivity contribution in [1.82, 2.24) is 0 Å². The van der Waals surface area contributed by atoms with Crippen LogP contribution in [0.25, 0.3) is 6.08 Å². The third kappa shape index (κ3) is 23.9. The van der Waals surface area contributed by atoms with Crippen molar-refractivity contribution in [2.24, 2.45) is 0 Å². The van der Waals surface area contributed by atoms with Crippen LogP contribution in [0.5, 0.6) is 17.2 Å². The molecule has 1 fully saturated rings. The molecule has 6 aromatic carbocycles. The van der Waals surface area contributed by atoms with Crippen LogP contribution in [0, 0.1) is 7.43 Å². The summed E-state index contributed by atoms with van der Waals surface area (Å²) in [4.78, 5) is 20.3. The van der Waals surface area contributed by atoms with E-state index in [1.165, 1.54) is 40.9 Å². The Kier molecular flexibility index (Phi) is 37.5. The summed E-state index contributed by atoms with van der Waals surface area (Å²) in [6, 6.07) is 53.2. The van der Waals surface area contributed by atoms with Gasteiger partial charge in [-0.05, 0) is 79.1 Å². The second-order valence-corrected chi connectivity index (χ2v) is 23.4. The second-order valence-electron chi connectivity index (χ2n) is 13.4. The molecule has 1 aliphatic rings. The number of halogens is 2. The normalized spacial score (nSPS) is 11.2. The Hall–Kier alpha value is -3.56. The number of carbonyl (C=O) groups excluding carboxylic acids is 2. The van der Waals surface area contributed by atoms with Gasteiger partial charge in [-0.15, -0.1) is 0 Å². The topological polar surface area (TPSA) is 140 Å². The number of benzene rings is 6. The predicted molar refractivity (Wildman–Crippen MR) is 273 cm³/mol. The number of ether oxygens (including phenoxy) is 6. The van der Waals surface area contributed by atoms with E-state index >= 15 is 0 Å². The van der Waals surface area contributed by atoms with Gasteiger partial charge in [-0.3, -0.25) is 9.59 Å². The number of methoxy groups -OCH3 is 3. The van der Waals surface area contributed by atoms with E-state index < -0.39 is 5.31 Å². The van der Waals surface area contributed by atoms with Crippen LogP contribution in [-0.4, -0.2) is 84.0 Å². The van der Waals surface area contributed by atoms with Crippen molar-refractivity contribution in [1.29, 1.82) is 0 Å². The maximum absolute atomic E-state index is 10.3. The zero-order valence-electron chi connectivity index (χ0n) is 38.8. The first-order chi connectivity index (χ1) is 30.6. The van der Waals surface area contributed by atoms with E-state index in [0.29, 0.717) is 22.9 Å². The van der Waals surface area contributed by atoms with Gasteiger partial charge in [0.1, 0.15) is 35.9 Å². The summed E-state index contributed by atoms with van der Waals surface area (Å²) in [5.74, 6) is 1.69. The molecule has 0 saturated carbocycles. The minimum Gasteiger partial charge on any atom is -0.870 e. The van der Waals surface area contributed by atoms with Gasteiger partial charge in [0.05, 0.1) is 0 Å². The third-order valence-corrected chi connectivity index (χ3v) is 17.4. The van der Waals surface area contributed by atoms with E-state index in [1.807, 2.05) is 24.3 Å². The molecule has 2 N–H and O–H groups in total. The standard InChI is InChI=1S/C19H18BrP.C10H12O2.C9H10O3.C7H6O2.C4H8O.C2H5ClO.CH3.K.H2O/c1-21(20,17-11-5-2-6-12-17,18-13-7-3-8-14-18)19-15-9-4-10-16-19;1-3-9-4-6-10(7-5-9)12-8-11-2;1-11-7-12-9-4-2-8(6-10)3-5-9;8-5-6-1-3-7(9)4-2-6;1-2-4-5-3-1;1-4-2-3;;;/h2-16H,1H3;3-7H,1,8H2,2H3;2-6H,7H2,1H3;1-5,9H;1-4H2;2H2,1H3;1H3;;1H2/q;;;;;;-1;+1;/p-1. The molecule has 7 rings (SSSR count). The smallest absolute Gasteiger partial charge is 0.870 e. The molecular formula is C52H63BrClKO10P-. The van der Waals surface area contributed by atoms with Crippen LogP contribution < -0.4 is 76.8 Å². The van der Waals surface area contributed by atoms with Crippen LogP contribution in [-0.2, 0) is 18.9 Å². The van der Waals surface area contributed by atoms with Crippen LogP contribution in [0.1, 0.15) is 39.1 Å². The van der Waals surface area contributed by atoms with Crippen LogP contribution in [0.2, 0.25) is 0 Å². The van der Waals surface area contributed by atoms with Gasteiger partial charge in [-0.25, -0.2) is 0 Å². The van der Waals surface area contributed by atoms with Gasteiger partial charge < -0.3 is 46.4 Å². The average molecular weight is 1030 g/mol. The number of carbonyl (C=O) groups is 2. The van der Waals surface area contributed by atoms with Crippen molar-refractivity contribution in [3.05, 3.63) is 194 Å². The monoisotopic (exact) mass is 1030 g/mol. The summed E-state index contributed by atoms with van der Waals surface area (Å²) in [7, 11) is 4.70. The number of aldehydes is 2. The Labute approximate surface area is 448 Å². The molecule has 0 spiro atoms. The summed E-state index contributed by atoms with van der Waals surface area (Å²) in [6.45, 7) is 8.53. The zero-order valence-corrected chi connectivity index (χ0v) is 45.2. The van der Waals surface area contributed by atoms with Crippen LogP contribution >= 0.6 is 32.4 Å². The molecule has 14 heteroatoms. The first kappa shape index (κ1) is 64.5. The number of aromatic hydroxyl groups is 1. The van der Waals surface area contributed by atoms with Crippen molar-refractivity contribution >= 4 is 67.0 Å². The Morgan fingerprint density at radius 1 is 0.606 bits per heavy atom. The van der Waals surface area contributed by atoms with Gasteiger partial charge in [0.25, 0.3) is 0 Å². The molecule has 352 valence electrons. The van der Waals surface area contributed by atoms with Crippen LogP contribution in [0.3, 0.4) is 0 Å². The molecular weight excluding hydrogens is 970 g/mol. The largest absolute Gasteiger partial charge is 1.00 e. The summed E-state index contributed by atoms with van der Waals surface area (Å²) in [5, 5.41) is 10.2. The summed E-state index contributed by atoms with van der Waals surface area (Å²) < 4.78 is 29.0. The van der Waals surface area contributed by atoms with E-state index in [1.54, 1.807) is 63.8 Å². The van der Waals surface area contributed by atoms with Crippen molar-refractivity contribution in [3.8, 4) is 17.2 Å². The molecule has 66 heavy (non-hydrogen) atoms. The van der Waals surface area contributed by atoms with E-state index in [9.17, 15) is 9.59 Å². The van der Waals surface area contributed by atoms with Gasteiger partial charge in [-0.1, -0.05) is 36.4 Å². The SMILES string of the molecule is C1CCOC1.C=Cc1ccc(OCOC)cc1.COCCl.COCOc1ccc(C=O)cc1.CP(Br)(c1ccccc1)(c1ccccc1)c1ccccc1.O=Cc1ccc(O)cc1.[CH3-].[K+].[OH-]. The number of alkyl halides is 1. The van der Waals surface area contributed by atoms with Gasteiger partial charge in [0.2, 0.25) is 0 Å². The molecule has 0 aromatic heterocycles. The Morgan fingerprint density at radius 2 is 0.924 bits per heavy atom. The molecule has 10 nitrogen and oxygen atoms in total. The second kappa shape index (κ2) is 38.4. The fraction of sp³-hybridized carbons (Fsp3) is 0.212. The molecule has 6 aromatic rings. The Bertz CT molecular complexity index is 1930. The van der Waals surface area contributed by atoms with E-state index in [2.05, 4.69) is 124 Å². The summed E-state index contributed by atoms with van der Waals surface area (Å²) in [6.07, 6.45) is 5.87. The summed E-state index contributed by atoms with van der Waals surface area (Å²) in [5.41, 5.74) is 2.30. The summed E-state index contributed by atoms with van der Waals surface area (Å²) >= 11 is 9.21. The van der Waals surface area contributed by atoms with Crippen molar-refractivity contribution in [2.45, 2.75) is 12.8 Å². The van der Waals surface area contributed by atoms with Crippen molar-refractivity contribution < 1.29 is 100.0 Å². The minimum atomic E-state index is -2.56. The number of hydrogen-bond acceptors (Lipinski definition) is 10. The molecule has 0 bridgehead atoms. The fourth-order valence-electron chi connectivity index (χ4n) is 5.45. The first-order valence-electron chi connectivity index (χ1n) is 19.9. The van der Waals surface area contributed by atoms with Crippen LogP contribution in [0.4, 0.5) is 0 Å². The Balaban J connectivity index is 0. The van der Waals surface area contributed by atoms with Crippen LogP contribution in [0.15, 0.2) is 170 Å². The fourth-order valence-corrected chi connectivity index (χ4v) is 11.1. The molecule has 1 saturated heterocycles. The van der Waals surface area contributed by atoms with Gasteiger partial charge >= 0.3 is 186 Å². The Morgan fingerprint density at radius 3 is 1.18 bits per heavy atom. The van der Waals surface area contributed by atoms with E-state index in [-0.39, 0.29) is 83.6 Å². The molecule has 0 atom stereocenters. The maximum atomic E-state index is 10.3. The predicted octanol–water partition coefficient (Wildman–Crippen LogP) is 8.36. The van der Waals surface area contributed by atoms with E-state index in [0.717, 1.165) is 37.1 Å². The molecule has 1 aliphatic heterocycles. The van der Waals surface area contributed by atoms with E-state index in [4.69, 9.17) is 40.4 Å². The molecule has 1 heterocycles. The number of phenols is 1. The molecule has 0 amide bonds. The quantitative estimate of drug-likeness (QED) is 0.0300. The number of phenolic OH excluding ortho intramolecular Hbond substituents is 1. The average Bonchev–Trinajstić information content (AvgIpc) is 3.96. The number of rotatable bonds is 13. The zero-order chi connectivity index (χ0) is 46.0. The number of hydrogen-bond donors (Lipinski definition) is 1. The molecule has 0 aliphatic carbocycles. The van der Waals surface area contributed by atoms with Gasteiger partial charge in [0.15, 0.2) is 13.6 Å². The molecule has 0 radical (unpaired) electrons. The van der Waals surface area contributed by atoms with Gasteiger partial charge in [-0.2, -0.15) is 0 Å². The van der Waals surface area contributed by atoms with Crippen molar-refractivity contribution in [2.75, 3.05) is 60.9 Å². The van der Waals surface area contributed by atoms with Crippen molar-refractivity contribution in [3.63, 3.8) is 0 Å². The third-order valence-electron chi connectivity index (χ3n) is 8.90. The molecule has 0 unspecified atom stereocenters. The minimum absolute atomic E-state index is 0.